The molecule has 0 atom stereocenters. The van der Waals surface area contributed by atoms with E-state index < -0.39 is 0 Å². The minimum atomic E-state index is 0.929. The average Bonchev–Trinajstić information content (AvgIpc) is 0.852. The molecule has 0 fully saturated rings. The highest BCUT2D eigenvalue weighted by Crippen LogP contribution is 2.50. The normalized spacial score (nSPS) is 12.1. The fourth-order valence-corrected chi connectivity index (χ4v) is 21.7. The lowest BCUT2D eigenvalue weighted by atomic mass is 9.86. The minimum absolute atomic E-state index is 0.929. The largest absolute Gasteiger partial charge is 0.254 e. The molecular formula is C108H60N6S2. The molecule has 0 radical (unpaired) electrons. The van der Waals surface area contributed by atoms with Crippen molar-refractivity contribution in [1.29, 1.82) is 0 Å². The molecule has 8 heterocycles. The highest BCUT2D eigenvalue weighted by molar-refractivity contribution is 7.27. The quantitative estimate of drug-likeness (QED) is 0.154. The third-order valence-electron chi connectivity index (χ3n) is 24.4. The van der Waals surface area contributed by atoms with E-state index in [9.17, 15) is 0 Å². The maximum atomic E-state index is 5.37. The lowest BCUT2D eigenvalue weighted by Gasteiger charge is -2.17. The van der Waals surface area contributed by atoms with Gasteiger partial charge in [-0.15, -0.1) is 22.7 Å². The molecule has 0 N–H and O–H groups in total. The Kier molecular flexibility index (Phi) is 14.2. The number of nitrogens with zero attached hydrogens (tertiary/aromatic N) is 6. The van der Waals surface area contributed by atoms with Crippen LogP contribution in [0.4, 0.5) is 0 Å². The Morgan fingerprint density at radius 2 is 0.552 bits per heavy atom. The summed E-state index contributed by atoms with van der Waals surface area (Å²) in [6.07, 6.45) is 7.53. The number of benzene rings is 18. The summed E-state index contributed by atoms with van der Waals surface area (Å²) in [5.74, 6) is 0. The summed E-state index contributed by atoms with van der Waals surface area (Å²) in [5.41, 5.74) is 19.4. The van der Waals surface area contributed by atoms with Crippen molar-refractivity contribution in [2.75, 3.05) is 0 Å². The number of para-hydroxylation sites is 2. The van der Waals surface area contributed by atoms with Gasteiger partial charge in [-0.2, -0.15) is 0 Å². The van der Waals surface area contributed by atoms with Crippen LogP contribution in [0.1, 0.15) is 0 Å². The number of rotatable bonds is 6. The van der Waals surface area contributed by atoms with Gasteiger partial charge in [-0.3, -0.25) is 19.9 Å². The summed E-state index contributed by atoms with van der Waals surface area (Å²) < 4.78 is 5.26. The van der Waals surface area contributed by atoms with Gasteiger partial charge in [0, 0.05) is 130 Å². The van der Waals surface area contributed by atoms with Gasteiger partial charge in [0.2, 0.25) is 0 Å². The Hall–Kier alpha value is -14.8. The summed E-state index contributed by atoms with van der Waals surface area (Å²) in [5, 5.41) is 32.0. The molecule has 0 aliphatic carbocycles. The van der Waals surface area contributed by atoms with Crippen molar-refractivity contribution < 1.29 is 0 Å². The highest BCUT2D eigenvalue weighted by atomic mass is 32.1. The molecule has 18 aromatic carbocycles. The predicted octanol–water partition coefficient (Wildman–Crippen LogP) is 30.1. The molecule has 534 valence electrons. The van der Waals surface area contributed by atoms with Crippen molar-refractivity contribution in [3.63, 3.8) is 0 Å². The van der Waals surface area contributed by atoms with E-state index in [-0.39, 0.29) is 0 Å². The molecule has 116 heavy (non-hydrogen) atoms. The molecule has 0 unspecified atom stereocenters. The second-order valence-corrected chi connectivity index (χ2v) is 32.7. The van der Waals surface area contributed by atoms with Crippen LogP contribution in [0, 0.1) is 0 Å². The van der Waals surface area contributed by atoms with Gasteiger partial charge >= 0.3 is 0 Å². The van der Waals surface area contributed by atoms with E-state index in [4.69, 9.17) is 29.9 Å². The van der Waals surface area contributed by atoms with Crippen LogP contribution in [-0.4, -0.2) is 29.9 Å². The molecule has 0 spiro atoms. The fourth-order valence-electron chi connectivity index (χ4n) is 19.1. The van der Waals surface area contributed by atoms with E-state index in [1.54, 1.807) is 0 Å². The highest BCUT2D eigenvalue weighted by Gasteiger charge is 2.23. The van der Waals surface area contributed by atoms with Crippen molar-refractivity contribution in [3.8, 4) is 67.0 Å². The van der Waals surface area contributed by atoms with Gasteiger partial charge in [-0.1, -0.05) is 267 Å². The van der Waals surface area contributed by atoms with Crippen molar-refractivity contribution >= 4 is 215 Å². The minimum Gasteiger partial charge on any atom is -0.254 e. The molecule has 0 saturated heterocycles. The van der Waals surface area contributed by atoms with Crippen LogP contribution in [0.2, 0.25) is 0 Å². The summed E-state index contributed by atoms with van der Waals surface area (Å²) in [4.78, 5) is 29.7. The Morgan fingerprint density at radius 1 is 0.181 bits per heavy atom. The molecule has 0 aliphatic heterocycles. The molecule has 26 aromatic rings. The zero-order chi connectivity index (χ0) is 75.8. The Labute approximate surface area is 671 Å². The number of thiophene rings is 2. The molecule has 0 bridgehead atoms. The summed E-state index contributed by atoms with van der Waals surface area (Å²) >= 11 is 3.76. The van der Waals surface area contributed by atoms with Crippen molar-refractivity contribution in [2.24, 2.45) is 0 Å². The fraction of sp³-hybridized carbons (Fsp3) is 0. The van der Waals surface area contributed by atoms with Crippen LogP contribution in [-0.2, 0) is 0 Å². The van der Waals surface area contributed by atoms with E-state index in [0.29, 0.717) is 0 Å². The molecule has 26 rings (SSSR count). The van der Waals surface area contributed by atoms with Crippen LogP contribution in [0.3, 0.4) is 0 Å². The third kappa shape index (κ3) is 9.81. The number of hydrogen-bond acceptors (Lipinski definition) is 8. The second-order valence-electron chi connectivity index (χ2n) is 30.5. The first kappa shape index (κ1) is 64.8. The zero-order valence-corrected chi connectivity index (χ0v) is 63.8. The first-order valence-electron chi connectivity index (χ1n) is 39.3. The Balaban J connectivity index is 0.000000130. The van der Waals surface area contributed by atoms with Crippen LogP contribution in [0.25, 0.3) is 259 Å². The molecule has 8 aromatic heterocycles. The number of aromatic nitrogens is 6. The van der Waals surface area contributed by atoms with Crippen LogP contribution in [0.5, 0.6) is 0 Å². The van der Waals surface area contributed by atoms with E-state index >= 15 is 0 Å². The summed E-state index contributed by atoms with van der Waals surface area (Å²) in [6, 6.07) is 124. The van der Waals surface area contributed by atoms with E-state index in [1.807, 2.05) is 59.6 Å². The maximum Gasteiger partial charge on any atom is 0.0970 e. The second kappa shape index (κ2) is 25.4. The lowest BCUT2D eigenvalue weighted by molar-refractivity contribution is 1.37. The molecular weight excluding hydrogens is 1450 g/mol. The van der Waals surface area contributed by atoms with E-state index in [0.717, 1.165) is 82.7 Å². The number of hydrogen-bond donors (Lipinski definition) is 0. The average molecular weight is 1510 g/mol. The van der Waals surface area contributed by atoms with Crippen molar-refractivity contribution in [2.45, 2.75) is 0 Å². The third-order valence-corrected chi connectivity index (χ3v) is 26.8. The van der Waals surface area contributed by atoms with Gasteiger partial charge in [0.1, 0.15) is 0 Å². The predicted molar refractivity (Wildman–Crippen MR) is 494 cm³/mol. The first-order chi connectivity index (χ1) is 57.5. The SMILES string of the molecule is c1cc(-c2ccc3c4ccc(-c5ccnc6c5ccc5cccnc56)cc4c4ccccc4c3c2)cc(-c2nc3ccccc3c3c2ccc2c4ccccc4sc23)c1.c1cc(-c2nc3ccccc3c3c2ccc2c4ccccc4sc23)cc(-c2ccc3ccc4c(-c5ccnc6c5ccc5cccnc56)ccc5ccc2c3c54)c1. The van der Waals surface area contributed by atoms with Crippen molar-refractivity contribution in [3.05, 3.63) is 365 Å². The standard InChI is InChI=1S/C55H31N3S.C53H29N3S/c1-2-13-39-38(12-1)47-30-34(19-21-40(47)41-22-20-35(31-48(39)41)37-26-28-57-54-43(37)23-18-32-11-8-27-56-53(32)54)33-9-7-10-36(29-33)52-46-25-24-44-42-14-4-6-17-50(42)59-55(44)51(46)45-15-3-5-16-49(45)58-52;1-3-12-45-43(11-1)49-44(25-24-42-38-10-2-4-13-46(38)57-53(42)49)50(56-45)34-8-5-7-33(29-34)35-19-14-30-17-22-40-36(20-15-31-16-21-39(35)47(30)48(31)40)37-26-28-55-52-41(37)23-18-32-9-6-27-54-51(32)52/h1-31H;1-29H. The molecule has 0 aliphatic rings. The van der Waals surface area contributed by atoms with Gasteiger partial charge in [0.15, 0.2) is 0 Å². The Morgan fingerprint density at radius 3 is 1.14 bits per heavy atom. The topological polar surface area (TPSA) is 77.3 Å². The van der Waals surface area contributed by atoms with Crippen LogP contribution in [0.15, 0.2) is 365 Å². The van der Waals surface area contributed by atoms with Gasteiger partial charge < -0.3 is 0 Å². The molecule has 0 amide bonds. The zero-order valence-electron chi connectivity index (χ0n) is 62.1. The van der Waals surface area contributed by atoms with Gasteiger partial charge in [0.25, 0.3) is 0 Å². The lowest BCUT2D eigenvalue weighted by Crippen LogP contribution is -1.92. The smallest absolute Gasteiger partial charge is 0.0970 e. The van der Waals surface area contributed by atoms with Gasteiger partial charge in [0.05, 0.1) is 44.5 Å². The molecule has 8 heteroatoms. The monoisotopic (exact) mass is 1500 g/mol. The van der Waals surface area contributed by atoms with Crippen molar-refractivity contribution in [1.82, 2.24) is 29.9 Å². The van der Waals surface area contributed by atoms with Crippen LogP contribution >= 0.6 is 22.7 Å². The van der Waals surface area contributed by atoms with E-state index in [1.165, 1.54) is 176 Å². The van der Waals surface area contributed by atoms with Gasteiger partial charge in [-0.05, 0) is 182 Å². The van der Waals surface area contributed by atoms with E-state index in [2.05, 4.69) is 328 Å². The van der Waals surface area contributed by atoms with Crippen LogP contribution < -0.4 is 0 Å². The molecule has 0 saturated carbocycles. The summed E-state index contributed by atoms with van der Waals surface area (Å²) in [6.45, 7) is 0. The van der Waals surface area contributed by atoms with Gasteiger partial charge in [-0.25, -0.2) is 9.97 Å². The number of fused-ring (bicyclic) bond motifs is 26. The maximum absolute atomic E-state index is 5.37. The summed E-state index contributed by atoms with van der Waals surface area (Å²) in [7, 11) is 0. The Bertz CT molecular complexity index is 8740. The molecule has 6 nitrogen and oxygen atoms in total. The first-order valence-corrected chi connectivity index (χ1v) is 41.0. The number of pyridine rings is 6.